The average molecular weight is 288 g/mol. The van der Waals surface area contributed by atoms with E-state index in [1.807, 2.05) is 0 Å². The molecule has 0 aliphatic carbocycles. The van der Waals surface area contributed by atoms with Crippen molar-refractivity contribution in [3.63, 3.8) is 0 Å². The molecule has 0 amide bonds. The predicted molar refractivity (Wildman–Crippen MR) is 64.9 cm³/mol. The zero-order valence-electron chi connectivity index (χ0n) is 10.2. The molecule has 1 N–H and O–H groups in total. The van der Waals surface area contributed by atoms with Crippen molar-refractivity contribution < 1.29 is 18.3 Å². The Bertz CT molecular complexity index is 595. The highest BCUT2D eigenvalue weighted by Crippen LogP contribution is 2.38. The minimum absolute atomic E-state index is 0.248. The van der Waals surface area contributed by atoms with E-state index in [-0.39, 0.29) is 5.56 Å². The number of aryl methyl sites for hydroxylation is 2. The van der Waals surface area contributed by atoms with Crippen molar-refractivity contribution in [1.82, 2.24) is 9.97 Å². The predicted octanol–water partition coefficient (Wildman–Crippen LogP) is 3.26. The van der Waals surface area contributed by atoms with Gasteiger partial charge in [0.1, 0.15) is 6.10 Å². The molecular formula is C12H11F3N2OS. The molecule has 2 heterocycles. The first-order valence-electron chi connectivity index (χ1n) is 5.44. The van der Waals surface area contributed by atoms with Crippen LogP contribution in [-0.4, -0.2) is 15.1 Å². The van der Waals surface area contributed by atoms with Gasteiger partial charge < -0.3 is 5.11 Å². The van der Waals surface area contributed by atoms with Gasteiger partial charge in [-0.25, -0.2) is 4.98 Å². The first kappa shape index (κ1) is 14.0. The van der Waals surface area contributed by atoms with Gasteiger partial charge in [-0.3, -0.25) is 4.98 Å². The molecule has 0 bridgehead atoms. The molecule has 1 atom stereocenters. The number of pyridine rings is 1. The highest BCUT2D eigenvalue weighted by molar-refractivity contribution is 7.11. The van der Waals surface area contributed by atoms with E-state index in [9.17, 15) is 18.3 Å². The maximum atomic E-state index is 12.9. The second kappa shape index (κ2) is 4.90. The average Bonchev–Trinajstić information content (AvgIpc) is 2.66. The van der Waals surface area contributed by atoms with Gasteiger partial charge in [0, 0.05) is 18.0 Å². The number of halogens is 3. The van der Waals surface area contributed by atoms with E-state index in [0.29, 0.717) is 15.6 Å². The Morgan fingerprint density at radius 1 is 1.32 bits per heavy atom. The summed E-state index contributed by atoms with van der Waals surface area (Å²) in [7, 11) is 0. The van der Waals surface area contributed by atoms with Crippen molar-refractivity contribution >= 4 is 11.3 Å². The number of thiazole rings is 1. The van der Waals surface area contributed by atoms with Crippen molar-refractivity contribution in [3.05, 3.63) is 45.2 Å². The standard InChI is InChI=1S/C12H11F3N2OS/c1-6-11(19-7(2)17-6)10(18)8-5-16-4-3-9(8)12(13,14)15/h3-5,10,18H,1-2H3. The van der Waals surface area contributed by atoms with Crippen molar-refractivity contribution in [1.29, 1.82) is 0 Å². The molecule has 2 aromatic heterocycles. The maximum Gasteiger partial charge on any atom is 0.416 e. The van der Waals surface area contributed by atoms with E-state index in [1.54, 1.807) is 13.8 Å². The molecule has 0 aromatic carbocycles. The second-order valence-electron chi connectivity index (χ2n) is 4.05. The summed E-state index contributed by atoms with van der Waals surface area (Å²) >= 11 is 1.18. The Morgan fingerprint density at radius 3 is 2.53 bits per heavy atom. The van der Waals surface area contributed by atoms with Gasteiger partial charge in [-0.15, -0.1) is 11.3 Å². The normalized spacial score (nSPS) is 13.6. The first-order valence-corrected chi connectivity index (χ1v) is 6.25. The summed E-state index contributed by atoms with van der Waals surface area (Å²) in [5.74, 6) is 0. The van der Waals surface area contributed by atoms with Crippen LogP contribution in [0.3, 0.4) is 0 Å². The molecule has 19 heavy (non-hydrogen) atoms. The van der Waals surface area contributed by atoms with Crippen LogP contribution in [-0.2, 0) is 6.18 Å². The molecule has 0 fully saturated rings. The van der Waals surface area contributed by atoms with Crippen molar-refractivity contribution in [2.24, 2.45) is 0 Å². The van der Waals surface area contributed by atoms with E-state index in [4.69, 9.17) is 0 Å². The fraction of sp³-hybridized carbons (Fsp3) is 0.333. The lowest BCUT2D eigenvalue weighted by molar-refractivity contribution is -0.139. The zero-order chi connectivity index (χ0) is 14.2. The highest BCUT2D eigenvalue weighted by atomic mass is 32.1. The Hall–Kier alpha value is -1.47. The number of aliphatic hydroxyl groups excluding tert-OH is 1. The summed E-state index contributed by atoms with van der Waals surface area (Å²) in [6.45, 7) is 3.40. The maximum absolute atomic E-state index is 12.9. The third-order valence-corrected chi connectivity index (χ3v) is 3.76. The molecule has 0 saturated heterocycles. The van der Waals surface area contributed by atoms with E-state index in [1.165, 1.54) is 11.3 Å². The minimum atomic E-state index is -4.52. The summed E-state index contributed by atoms with van der Waals surface area (Å²) in [6.07, 6.45) is -3.78. The Morgan fingerprint density at radius 2 is 2.00 bits per heavy atom. The van der Waals surface area contributed by atoms with Crippen LogP contribution in [0.4, 0.5) is 13.2 Å². The lowest BCUT2D eigenvalue weighted by Crippen LogP contribution is -2.13. The summed E-state index contributed by atoms with van der Waals surface area (Å²) in [6, 6.07) is 0.863. The lowest BCUT2D eigenvalue weighted by atomic mass is 10.0. The third-order valence-electron chi connectivity index (χ3n) is 2.64. The fourth-order valence-electron chi connectivity index (χ4n) is 1.82. The fourth-order valence-corrected chi connectivity index (χ4v) is 2.76. The SMILES string of the molecule is Cc1nc(C)c(C(O)c2cnccc2C(F)(F)F)s1. The van der Waals surface area contributed by atoms with Gasteiger partial charge in [-0.05, 0) is 19.9 Å². The number of hydrogen-bond donors (Lipinski definition) is 1. The summed E-state index contributed by atoms with van der Waals surface area (Å²) in [4.78, 5) is 8.19. The van der Waals surface area contributed by atoms with Crippen molar-refractivity contribution in [2.45, 2.75) is 26.1 Å². The minimum Gasteiger partial charge on any atom is -0.383 e. The smallest absolute Gasteiger partial charge is 0.383 e. The topological polar surface area (TPSA) is 46.0 Å². The van der Waals surface area contributed by atoms with Crippen LogP contribution in [0.2, 0.25) is 0 Å². The molecular weight excluding hydrogens is 277 g/mol. The van der Waals surface area contributed by atoms with Crippen LogP contribution < -0.4 is 0 Å². The molecule has 7 heteroatoms. The number of aliphatic hydroxyl groups is 1. The molecule has 0 saturated carbocycles. The number of aromatic nitrogens is 2. The van der Waals surface area contributed by atoms with Crippen LogP contribution >= 0.6 is 11.3 Å². The van der Waals surface area contributed by atoms with Crippen LogP contribution in [0.25, 0.3) is 0 Å². The van der Waals surface area contributed by atoms with Crippen molar-refractivity contribution in [3.8, 4) is 0 Å². The van der Waals surface area contributed by atoms with E-state index < -0.39 is 17.8 Å². The van der Waals surface area contributed by atoms with Crippen LogP contribution in [0, 0.1) is 13.8 Å². The van der Waals surface area contributed by atoms with Crippen molar-refractivity contribution in [2.75, 3.05) is 0 Å². The molecule has 1 unspecified atom stereocenters. The quantitative estimate of drug-likeness (QED) is 0.922. The van der Waals surface area contributed by atoms with E-state index in [0.717, 1.165) is 18.5 Å². The molecule has 0 aliphatic rings. The molecule has 102 valence electrons. The summed E-state index contributed by atoms with van der Waals surface area (Å²) in [5, 5.41) is 10.9. The van der Waals surface area contributed by atoms with E-state index in [2.05, 4.69) is 9.97 Å². The van der Waals surface area contributed by atoms with Gasteiger partial charge >= 0.3 is 6.18 Å². The highest BCUT2D eigenvalue weighted by Gasteiger charge is 2.36. The number of nitrogens with zero attached hydrogens (tertiary/aromatic N) is 2. The molecule has 2 aromatic rings. The number of hydrogen-bond acceptors (Lipinski definition) is 4. The molecule has 3 nitrogen and oxygen atoms in total. The Labute approximate surface area is 111 Å². The Kier molecular flexibility index (Phi) is 3.60. The Balaban J connectivity index is 2.50. The largest absolute Gasteiger partial charge is 0.416 e. The van der Waals surface area contributed by atoms with Gasteiger partial charge in [0.2, 0.25) is 0 Å². The van der Waals surface area contributed by atoms with Crippen LogP contribution in [0.1, 0.15) is 32.8 Å². The molecule has 0 aliphatic heterocycles. The number of rotatable bonds is 2. The van der Waals surface area contributed by atoms with Gasteiger partial charge in [0.05, 0.1) is 21.1 Å². The van der Waals surface area contributed by atoms with Gasteiger partial charge in [-0.2, -0.15) is 13.2 Å². The third kappa shape index (κ3) is 2.76. The lowest BCUT2D eigenvalue weighted by Gasteiger charge is -2.16. The van der Waals surface area contributed by atoms with Gasteiger partial charge in [-0.1, -0.05) is 0 Å². The summed E-state index contributed by atoms with van der Waals surface area (Å²) < 4.78 is 38.6. The number of alkyl halides is 3. The van der Waals surface area contributed by atoms with Gasteiger partial charge in [0.25, 0.3) is 0 Å². The molecule has 0 spiro atoms. The van der Waals surface area contributed by atoms with Gasteiger partial charge in [0.15, 0.2) is 0 Å². The van der Waals surface area contributed by atoms with E-state index >= 15 is 0 Å². The summed E-state index contributed by atoms with van der Waals surface area (Å²) in [5.41, 5.74) is -0.589. The van der Waals surface area contributed by atoms with Crippen LogP contribution in [0.15, 0.2) is 18.5 Å². The molecule has 0 radical (unpaired) electrons. The zero-order valence-corrected chi connectivity index (χ0v) is 11.0. The first-order chi connectivity index (χ1) is 8.80. The van der Waals surface area contributed by atoms with Crippen LogP contribution in [0.5, 0.6) is 0 Å². The second-order valence-corrected chi connectivity index (χ2v) is 5.28. The monoisotopic (exact) mass is 288 g/mol. The molecule has 2 rings (SSSR count).